The number of ether oxygens (including phenoxy) is 1. The molecular formula is C15H18N2O3. The molecule has 0 saturated heterocycles. The highest BCUT2D eigenvalue weighted by Crippen LogP contribution is 2.26. The summed E-state index contributed by atoms with van der Waals surface area (Å²) in [4.78, 5) is 11.4. The lowest BCUT2D eigenvalue weighted by Gasteiger charge is -2.18. The summed E-state index contributed by atoms with van der Waals surface area (Å²) >= 11 is 0. The number of nitrogens with zero attached hydrogens (tertiary/aromatic N) is 2. The molecule has 2 rings (SSSR count). The average molecular weight is 274 g/mol. The number of aromatic carboxylic acids is 1. The van der Waals surface area contributed by atoms with Crippen LogP contribution in [-0.4, -0.2) is 28.0 Å². The molecule has 5 heteroatoms. The molecule has 1 aromatic carbocycles. The van der Waals surface area contributed by atoms with Crippen LogP contribution in [0.3, 0.4) is 0 Å². The third-order valence-electron chi connectivity index (χ3n) is 3.00. The standard InChI is InChI=1S/C15H18N2O3/c1-15(2,3)17-9-12(14(18)19)13(16-17)10-5-7-11(20-4)8-6-10/h5-9H,1-4H3,(H,18,19). The number of carbonyl (C=O) groups is 1. The second-order valence-corrected chi connectivity index (χ2v) is 5.54. The highest BCUT2D eigenvalue weighted by molar-refractivity contribution is 5.94. The first-order chi connectivity index (χ1) is 9.32. The summed E-state index contributed by atoms with van der Waals surface area (Å²) in [5, 5.41) is 13.8. The summed E-state index contributed by atoms with van der Waals surface area (Å²) in [6.45, 7) is 5.93. The molecule has 0 saturated carbocycles. The van der Waals surface area contributed by atoms with Gasteiger partial charge >= 0.3 is 5.97 Å². The molecule has 106 valence electrons. The molecule has 1 N–H and O–H groups in total. The monoisotopic (exact) mass is 274 g/mol. The fourth-order valence-electron chi connectivity index (χ4n) is 1.84. The molecule has 0 atom stereocenters. The summed E-state index contributed by atoms with van der Waals surface area (Å²) in [6, 6.07) is 7.19. The van der Waals surface area contributed by atoms with E-state index in [1.807, 2.05) is 20.8 Å². The molecule has 0 aliphatic carbocycles. The number of rotatable bonds is 3. The summed E-state index contributed by atoms with van der Waals surface area (Å²) < 4.78 is 6.78. The van der Waals surface area contributed by atoms with Crippen LogP contribution in [0.2, 0.25) is 0 Å². The fraction of sp³-hybridized carbons (Fsp3) is 0.333. The SMILES string of the molecule is COc1ccc(-c2nn(C(C)(C)C)cc2C(=O)O)cc1. The quantitative estimate of drug-likeness (QED) is 0.934. The van der Waals surface area contributed by atoms with Crippen molar-refractivity contribution in [1.29, 1.82) is 0 Å². The Morgan fingerprint density at radius 2 is 1.85 bits per heavy atom. The molecule has 0 aliphatic rings. The van der Waals surface area contributed by atoms with Crippen LogP contribution < -0.4 is 4.74 Å². The van der Waals surface area contributed by atoms with Crippen LogP contribution in [0.25, 0.3) is 11.3 Å². The van der Waals surface area contributed by atoms with E-state index < -0.39 is 5.97 Å². The third-order valence-corrected chi connectivity index (χ3v) is 3.00. The van der Waals surface area contributed by atoms with E-state index in [9.17, 15) is 9.90 Å². The van der Waals surface area contributed by atoms with Crippen LogP contribution in [0, 0.1) is 0 Å². The molecule has 0 spiro atoms. The minimum Gasteiger partial charge on any atom is -0.497 e. The summed E-state index contributed by atoms with van der Waals surface area (Å²) in [5.74, 6) is -0.257. The van der Waals surface area contributed by atoms with Gasteiger partial charge in [0.2, 0.25) is 0 Å². The number of aromatic nitrogens is 2. The lowest BCUT2D eigenvalue weighted by atomic mass is 10.1. The van der Waals surface area contributed by atoms with Crippen molar-refractivity contribution in [3.63, 3.8) is 0 Å². The van der Waals surface area contributed by atoms with E-state index in [2.05, 4.69) is 5.10 Å². The van der Waals surface area contributed by atoms with Gasteiger partial charge in [-0.25, -0.2) is 4.79 Å². The van der Waals surface area contributed by atoms with Crippen LogP contribution in [0.1, 0.15) is 31.1 Å². The van der Waals surface area contributed by atoms with Crippen molar-refractivity contribution >= 4 is 5.97 Å². The van der Waals surface area contributed by atoms with Gasteiger partial charge in [-0.05, 0) is 45.0 Å². The van der Waals surface area contributed by atoms with Gasteiger partial charge in [0.15, 0.2) is 0 Å². The van der Waals surface area contributed by atoms with Crippen LogP contribution >= 0.6 is 0 Å². The van der Waals surface area contributed by atoms with Crippen molar-refractivity contribution in [3.8, 4) is 17.0 Å². The van der Waals surface area contributed by atoms with Crippen LogP contribution in [0.4, 0.5) is 0 Å². The zero-order valence-electron chi connectivity index (χ0n) is 12.0. The van der Waals surface area contributed by atoms with Crippen LogP contribution in [-0.2, 0) is 5.54 Å². The normalized spacial score (nSPS) is 11.4. The zero-order chi connectivity index (χ0) is 14.9. The molecule has 0 radical (unpaired) electrons. The summed E-state index contributed by atoms with van der Waals surface area (Å²) in [6.07, 6.45) is 1.57. The Morgan fingerprint density at radius 3 is 2.30 bits per heavy atom. The van der Waals surface area contributed by atoms with Gasteiger partial charge in [-0.3, -0.25) is 4.68 Å². The van der Waals surface area contributed by atoms with Crippen LogP contribution in [0.15, 0.2) is 30.5 Å². The van der Waals surface area contributed by atoms with E-state index in [4.69, 9.17) is 4.74 Å². The first-order valence-corrected chi connectivity index (χ1v) is 6.31. The van der Waals surface area contributed by atoms with Gasteiger partial charge in [0, 0.05) is 11.8 Å². The van der Waals surface area contributed by atoms with Crippen molar-refractivity contribution in [2.75, 3.05) is 7.11 Å². The van der Waals surface area contributed by atoms with Gasteiger partial charge in [-0.2, -0.15) is 5.10 Å². The Hall–Kier alpha value is -2.30. The molecule has 1 heterocycles. The molecule has 0 aliphatic heterocycles. The number of hydrogen-bond donors (Lipinski definition) is 1. The summed E-state index contributed by atoms with van der Waals surface area (Å²) in [7, 11) is 1.59. The zero-order valence-corrected chi connectivity index (χ0v) is 12.0. The first kappa shape index (κ1) is 14.1. The summed E-state index contributed by atoms with van der Waals surface area (Å²) in [5.41, 5.74) is 1.15. The molecule has 1 aromatic heterocycles. The van der Waals surface area contributed by atoms with Crippen LogP contribution in [0.5, 0.6) is 5.75 Å². The molecule has 0 amide bonds. The average Bonchev–Trinajstić information content (AvgIpc) is 2.84. The Bertz CT molecular complexity index is 622. The lowest BCUT2D eigenvalue weighted by molar-refractivity contribution is 0.0697. The predicted octanol–water partition coefficient (Wildman–Crippen LogP) is 3.01. The van der Waals surface area contributed by atoms with Crippen molar-refractivity contribution in [2.24, 2.45) is 0 Å². The van der Waals surface area contributed by atoms with E-state index in [0.717, 1.165) is 11.3 Å². The highest BCUT2D eigenvalue weighted by Gasteiger charge is 2.22. The molecule has 5 nitrogen and oxygen atoms in total. The highest BCUT2D eigenvalue weighted by atomic mass is 16.5. The number of benzene rings is 1. The fourth-order valence-corrected chi connectivity index (χ4v) is 1.84. The minimum absolute atomic E-state index is 0.199. The van der Waals surface area contributed by atoms with E-state index in [0.29, 0.717) is 5.69 Å². The van der Waals surface area contributed by atoms with Crippen molar-refractivity contribution < 1.29 is 14.6 Å². The van der Waals surface area contributed by atoms with E-state index >= 15 is 0 Å². The number of methoxy groups -OCH3 is 1. The maximum atomic E-state index is 11.4. The lowest BCUT2D eigenvalue weighted by Crippen LogP contribution is -2.22. The Kier molecular flexibility index (Phi) is 3.53. The number of carboxylic acids is 1. The van der Waals surface area contributed by atoms with Gasteiger partial charge in [0.25, 0.3) is 0 Å². The largest absolute Gasteiger partial charge is 0.497 e. The Morgan fingerprint density at radius 1 is 1.25 bits per heavy atom. The second kappa shape index (κ2) is 5.00. The molecule has 20 heavy (non-hydrogen) atoms. The van der Waals surface area contributed by atoms with E-state index in [-0.39, 0.29) is 11.1 Å². The molecule has 0 bridgehead atoms. The van der Waals surface area contributed by atoms with Crippen molar-refractivity contribution in [2.45, 2.75) is 26.3 Å². The second-order valence-electron chi connectivity index (χ2n) is 5.54. The van der Waals surface area contributed by atoms with Crippen molar-refractivity contribution in [3.05, 3.63) is 36.0 Å². The van der Waals surface area contributed by atoms with Gasteiger partial charge in [-0.15, -0.1) is 0 Å². The smallest absolute Gasteiger partial charge is 0.339 e. The van der Waals surface area contributed by atoms with Gasteiger partial charge in [-0.1, -0.05) is 0 Å². The maximum absolute atomic E-state index is 11.4. The van der Waals surface area contributed by atoms with E-state index in [1.54, 1.807) is 42.3 Å². The Labute approximate surface area is 117 Å². The van der Waals surface area contributed by atoms with Crippen molar-refractivity contribution in [1.82, 2.24) is 9.78 Å². The topological polar surface area (TPSA) is 64.4 Å². The first-order valence-electron chi connectivity index (χ1n) is 6.31. The third kappa shape index (κ3) is 2.66. The van der Waals surface area contributed by atoms with Gasteiger partial charge in [0.1, 0.15) is 17.0 Å². The molecule has 0 unspecified atom stereocenters. The maximum Gasteiger partial charge on any atom is 0.339 e. The van der Waals surface area contributed by atoms with E-state index in [1.165, 1.54) is 0 Å². The van der Waals surface area contributed by atoms with Gasteiger partial charge in [0.05, 0.1) is 12.6 Å². The molecule has 2 aromatic rings. The predicted molar refractivity (Wildman–Crippen MR) is 76.2 cm³/mol. The molecular weight excluding hydrogens is 256 g/mol. The number of hydrogen-bond acceptors (Lipinski definition) is 3. The number of carboxylic acid groups (broad SMARTS) is 1. The minimum atomic E-state index is -0.980. The Balaban J connectivity index is 2.53. The molecule has 0 fully saturated rings. The van der Waals surface area contributed by atoms with Gasteiger partial charge < -0.3 is 9.84 Å².